The van der Waals surface area contributed by atoms with Crippen molar-refractivity contribution in [2.75, 3.05) is 5.08 Å². The topological polar surface area (TPSA) is 66.2 Å². The van der Waals surface area contributed by atoms with Crippen molar-refractivity contribution in [1.29, 1.82) is 0 Å². The van der Waals surface area contributed by atoms with Crippen molar-refractivity contribution < 1.29 is 9.79 Å². The lowest BCUT2D eigenvalue weighted by Crippen LogP contribution is -1.83. The molecule has 0 atom stereocenters. The molecule has 0 spiro atoms. The molecule has 4 nitrogen and oxygen atoms in total. The molecule has 8 heteroatoms. The molecule has 0 aliphatic carbocycles. The summed E-state index contributed by atoms with van der Waals surface area (Å²) in [4.78, 5) is 25.7. The van der Waals surface area contributed by atoms with E-state index >= 15 is 0 Å². The van der Waals surface area contributed by atoms with Crippen LogP contribution in [0.2, 0.25) is 0 Å². The zero-order valence-corrected chi connectivity index (χ0v) is 9.74. The van der Waals surface area contributed by atoms with Gasteiger partial charge >= 0.3 is 0 Å². The highest BCUT2D eigenvalue weighted by Crippen LogP contribution is 2.52. The molecule has 1 aromatic rings. The van der Waals surface area contributed by atoms with Crippen LogP contribution in [0.4, 0.5) is 0 Å². The normalized spacial score (nSPS) is 11.5. The number of rotatable bonds is 4. The van der Waals surface area contributed by atoms with Crippen LogP contribution in [0.15, 0.2) is 23.6 Å². The second-order valence-electron chi connectivity index (χ2n) is 1.91. The molecule has 1 heterocycles. The molecule has 72 valence electrons. The Morgan fingerprint density at radius 3 is 2.54 bits per heavy atom. The predicted molar refractivity (Wildman–Crippen MR) is 59.1 cm³/mol. The van der Waals surface area contributed by atoms with Crippen LogP contribution < -0.4 is 0 Å². The maximum Gasteiger partial charge on any atom is 0.242 e. The van der Waals surface area contributed by atoms with Gasteiger partial charge in [-0.25, -0.2) is 9.97 Å². The average molecular weight is 254 g/mol. The summed E-state index contributed by atoms with van der Waals surface area (Å²) in [5.41, 5.74) is -3.13. The molecule has 0 fully saturated rings. The zero-order valence-electron chi connectivity index (χ0n) is 6.40. The van der Waals surface area contributed by atoms with E-state index in [9.17, 15) is 0 Å². The van der Waals surface area contributed by atoms with Crippen molar-refractivity contribution >= 4 is 40.6 Å². The molecule has 0 unspecified atom stereocenters. The Bertz CT molecular complexity index is 304. The standard InChI is InChI=1S/C5H7N2O2PS3/c8-10(9,11)13-4-12-5-6-2-1-3-7-5/h1-3H,4H2,(H2,8,9,11). The van der Waals surface area contributed by atoms with Crippen LogP contribution in [0.3, 0.4) is 0 Å². The van der Waals surface area contributed by atoms with Crippen LogP contribution in [-0.2, 0) is 11.8 Å². The fourth-order valence-electron chi connectivity index (χ4n) is 0.508. The van der Waals surface area contributed by atoms with Gasteiger partial charge in [-0.15, -0.1) is 0 Å². The average Bonchev–Trinajstić information content (AvgIpc) is 2.04. The quantitative estimate of drug-likeness (QED) is 0.365. The molecular formula is C5H7N2O2PS3. The van der Waals surface area contributed by atoms with Crippen LogP contribution in [-0.4, -0.2) is 24.8 Å². The van der Waals surface area contributed by atoms with E-state index in [2.05, 4.69) is 21.8 Å². The third-order valence-electron chi connectivity index (χ3n) is 0.951. The Kier molecular flexibility index (Phi) is 4.64. The van der Waals surface area contributed by atoms with E-state index in [1.807, 2.05) is 0 Å². The molecule has 0 saturated heterocycles. The Labute approximate surface area is 89.1 Å². The number of hydrogen-bond acceptors (Lipinski definition) is 5. The van der Waals surface area contributed by atoms with Crippen molar-refractivity contribution in [1.82, 2.24) is 9.97 Å². The van der Waals surface area contributed by atoms with Crippen LogP contribution in [0.25, 0.3) is 0 Å². The first-order chi connectivity index (χ1) is 6.08. The Morgan fingerprint density at radius 1 is 1.38 bits per heavy atom. The highest BCUT2D eigenvalue weighted by molar-refractivity contribution is 8.68. The third kappa shape index (κ3) is 5.61. The summed E-state index contributed by atoms with van der Waals surface area (Å²) in [7, 11) is 0. The van der Waals surface area contributed by atoms with E-state index in [-0.39, 0.29) is 0 Å². The van der Waals surface area contributed by atoms with Crippen molar-refractivity contribution in [2.45, 2.75) is 5.16 Å². The second-order valence-corrected chi connectivity index (χ2v) is 9.27. The fraction of sp³-hybridized carbons (Fsp3) is 0.200. The van der Waals surface area contributed by atoms with Crippen LogP contribution in [0.1, 0.15) is 0 Å². The first-order valence-electron chi connectivity index (χ1n) is 3.18. The second kappa shape index (κ2) is 5.29. The lowest BCUT2D eigenvalue weighted by Gasteiger charge is -2.04. The summed E-state index contributed by atoms with van der Waals surface area (Å²) in [6.07, 6.45) is 3.27. The largest absolute Gasteiger partial charge is 0.338 e. The molecular weight excluding hydrogens is 247 g/mol. The van der Waals surface area contributed by atoms with Gasteiger partial charge in [0.2, 0.25) is 5.69 Å². The highest BCUT2D eigenvalue weighted by atomic mass is 32.9. The van der Waals surface area contributed by atoms with Crippen LogP contribution in [0, 0.1) is 0 Å². The maximum atomic E-state index is 8.89. The Balaban J connectivity index is 2.33. The van der Waals surface area contributed by atoms with Crippen molar-refractivity contribution in [3.05, 3.63) is 18.5 Å². The number of aromatic nitrogens is 2. The number of nitrogens with zero attached hydrogens (tertiary/aromatic N) is 2. The van der Waals surface area contributed by atoms with Gasteiger partial charge in [-0.1, -0.05) is 23.1 Å². The Hall–Kier alpha value is 0.350. The molecule has 2 N–H and O–H groups in total. The van der Waals surface area contributed by atoms with Gasteiger partial charge < -0.3 is 9.79 Å². The number of thioether (sulfide) groups is 1. The molecule has 13 heavy (non-hydrogen) atoms. The maximum absolute atomic E-state index is 8.89. The minimum Gasteiger partial charge on any atom is -0.338 e. The minimum atomic E-state index is -3.13. The molecule has 0 saturated carbocycles. The molecule has 0 aromatic carbocycles. The van der Waals surface area contributed by atoms with Gasteiger partial charge in [-0.3, -0.25) is 0 Å². The molecule has 0 aliphatic heterocycles. The third-order valence-corrected chi connectivity index (χ3v) is 5.56. The van der Waals surface area contributed by atoms with Gasteiger partial charge in [-0.2, -0.15) is 0 Å². The summed E-state index contributed by atoms with van der Waals surface area (Å²) < 4.78 is 0. The van der Waals surface area contributed by atoms with E-state index < -0.39 is 5.69 Å². The van der Waals surface area contributed by atoms with Crippen molar-refractivity contribution in [3.8, 4) is 0 Å². The van der Waals surface area contributed by atoms with Gasteiger partial charge in [0.25, 0.3) is 0 Å². The highest BCUT2D eigenvalue weighted by Gasteiger charge is 2.08. The Morgan fingerprint density at radius 2 is 2.00 bits per heavy atom. The lowest BCUT2D eigenvalue weighted by molar-refractivity contribution is 0.502. The first-order valence-corrected chi connectivity index (χ1v) is 8.46. The monoisotopic (exact) mass is 254 g/mol. The van der Waals surface area contributed by atoms with E-state index in [0.29, 0.717) is 10.2 Å². The molecule has 0 aliphatic rings. The van der Waals surface area contributed by atoms with Gasteiger partial charge in [0, 0.05) is 12.4 Å². The van der Waals surface area contributed by atoms with Crippen molar-refractivity contribution in [3.63, 3.8) is 0 Å². The molecule has 1 aromatic heterocycles. The van der Waals surface area contributed by atoms with E-state index in [4.69, 9.17) is 9.79 Å². The van der Waals surface area contributed by atoms with Crippen LogP contribution >= 0.6 is 28.8 Å². The summed E-state index contributed by atoms with van der Waals surface area (Å²) in [5, 5.41) is 1.06. The summed E-state index contributed by atoms with van der Waals surface area (Å²) in [6, 6.07) is 1.72. The predicted octanol–water partition coefficient (Wildman–Crippen LogP) is 1.47. The van der Waals surface area contributed by atoms with Gasteiger partial charge in [0.15, 0.2) is 5.16 Å². The van der Waals surface area contributed by atoms with E-state index in [1.54, 1.807) is 18.5 Å². The molecule has 1 rings (SSSR count). The van der Waals surface area contributed by atoms with Crippen LogP contribution in [0.5, 0.6) is 0 Å². The van der Waals surface area contributed by atoms with Gasteiger partial charge in [0.05, 0.1) is 5.08 Å². The fourth-order valence-corrected chi connectivity index (χ4v) is 4.83. The molecule has 0 radical (unpaired) electrons. The van der Waals surface area contributed by atoms with E-state index in [1.165, 1.54) is 11.8 Å². The smallest absolute Gasteiger partial charge is 0.242 e. The van der Waals surface area contributed by atoms with E-state index in [0.717, 1.165) is 11.4 Å². The SMILES string of the molecule is OP(O)(=S)SCSc1ncccn1. The lowest BCUT2D eigenvalue weighted by atomic mass is 10.7. The van der Waals surface area contributed by atoms with Gasteiger partial charge in [-0.05, 0) is 17.9 Å². The summed E-state index contributed by atoms with van der Waals surface area (Å²) in [5.74, 6) is 0. The zero-order chi connectivity index (χ0) is 9.73. The van der Waals surface area contributed by atoms with Gasteiger partial charge in [0.1, 0.15) is 0 Å². The number of hydrogen-bond donors (Lipinski definition) is 2. The summed E-state index contributed by atoms with van der Waals surface area (Å²) >= 11 is 6.71. The molecule has 0 bridgehead atoms. The first kappa shape index (κ1) is 11.4. The minimum absolute atomic E-state index is 0.453. The molecule has 0 amide bonds. The van der Waals surface area contributed by atoms with Crippen molar-refractivity contribution in [2.24, 2.45) is 0 Å². The summed E-state index contributed by atoms with van der Waals surface area (Å²) in [6.45, 7) is 0.